The van der Waals surface area contributed by atoms with E-state index in [2.05, 4.69) is 0 Å². The molecule has 10 heteroatoms. The number of nitrogens with zero attached hydrogens (tertiary/aromatic N) is 3. The average molecular weight is 397 g/mol. The normalized spacial score (nSPS) is 15.2. The second-order valence-electron chi connectivity index (χ2n) is 5.88. The number of hydrogen-bond acceptors (Lipinski definition) is 6. The molecule has 0 aromatic heterocycles. The van der Waals surface area contributed by atoms with E-state index in [-0.39, 0.29) is 10.6 Å². The quantitative estimate of drug-likeness (QED) is 0.626. The van der Waals surface area contributed by atoms with Crippen molar-refractivity contribution in [2.75, 3.05) is 36.0 Å². The van der Waals surface area contributed by atoms with Gasteiger partial charge in [0.2, 0.25) is 10.0 Å². The minimum atomic E-state index is -3.83. The molecular weight excluding hydrogens is 380 g/mol. The van der Waals surface area contributed by atoms with Gasteiger partial charge in [-0.15, -0.1) is 0 Å². The molecule has 0 atom stereocenters. The summed E-state index contributed by atoms with van der Waals surface area (Å²) < 4.78 is 23.6. The smallest absolute Gasteiger partial charge is 0.294 e. The van der Waals surface area contributed by atoms with E-state index >= 15 is 0 Å². The number of nitro benzene ring substituents is 1. The van der Waals surface area contributed by atoms with E-state index in [0.29, 0.717) is 42.6 Å². The van der Waals surface area contributed by atoms with Crippen LogP contribution >= 0.6 is 11.6 Å². The number of rotatable bonds is 4. The number of anilines is 2. The van der Waals surface area contributed by atoms with Crippen molar-refractivity contribution < 1.29 is 13.3 Å². The number of nitro groups is 1. The van der Waals surface area contributed by atoms with Gasteiger partial charge in [-0.2, -0.15) is 0 Å². The molecule has 2 aromatic carbocycles. The minimum absolute atomic E-state index is 0.0455. The molecule has 2 aromatic rings. The SMILES string of the molecule is NS(=O)(=O)c1ccccc1N1CCN(c2ccc(Cl)cc2[N+](=O)[O-])CC1. The number of primary sulfonamides is 1. The second kappa shape index (κ2) is 7.10. The highest BCUT2D eigenvalue weighted by Crippen LogP contribution is 2.33. The summed E-state index contributed by atoms with van der Waals surface area (Å²) in [6.45, 7) is 2.02. The van der Waals surface area contributed by atoms with Gasteiger partial charge in [0.15, 0.2) is 0 Å². The third-order valence-electron chi connectivity index (χ3n) is 4.27. The van der Waals surface area contributed by atoms with Gasteiger partial charge in [0.1, 0.15) is 10.6 Å². The summed E-state index contributed by atoms with van der Waals surface area (Å²) >= 11 is 5.86. The standard InChI is InChI=1S/C16H17ClN4O4S/c17-12-5-6-13(15(11-12)21(22)23)19-7-9-20(10-8-19)14-3-1-2-4-16(14)26(18,24)25/h1-6,11H,7-10H2,(H2,18,24,25). The lowest BCUT2D eigenvalue weighted by molar-refractivity contribution is -0.384. The number of nitrogens with two attached hydrogens (primary N) is 1. The molecule has 1 saturated heterocycles. The molecule has 26 heavy (non-hydrogen) atoms. The van der Waals surface area contributed by atoms with Crippen LogP contribution in [0.3, 0.4) is 0 Å². The molecule has 0 radical (unpaired) electrons. The highest BCUT2D eigenvalue weighted by Gasteiger charge is 2.26. The highest BCUT2D eigenvalue weighted by atomic mass is 35.5. The number of hydrogen-bond donors (Lipinski definition) is 1. The average Bonchev–Trinajstić information content (AvgIpc) is 2.61. The van der Waals surface area contributed by atoms with Crippen LogP contribution in [0.25, 0.3) is 0 Å². The summed E-state index contributed by atoms with van der Waals surface area (Å²) in [6.07, 6.45) is 0. The van der Waals surface area contributed by atoms with Crippen molar-refractivity contribution in [3.63, 3.8) is 0 Å². The first-order valence-corrected chi connectivity index (χ1v) is 9.75. The first kappa shape index (κ1) is 18.4. The molecule has 2 N–H and O–H groups in total. The van der Waals surface area contributed by atoms with Crippen molar-refractivity contribution in [2.24, 2.45) is 5.14 Å². The number of piperazine rings is 1. The van der Waals surface area contributed by atoms with Crippen LogP contribution in [-0.4, -0.2) is 39.5 Å². The molecule has 3 rings (SSSR count). The molecule has 1 fully saturated rings. The van der Waals surface area contributed by atoms with Crippen LogP contribution in [0.5, 0.6) is 0 Å². The molecule has 1 aliphatic heterocycles. The fraction of sp³-hybridized carbons (Fsp3) is 0.250. The van der Waals surface area contributed by atoms with Gasteiger partial charge >= 0.3 is 0 Å². The Bertz CT molecular complexity index is 943. The molecule has 1 aliphatic rings. The number of sulfonamides is 1. The van der Waals surface area contributed by atoms with Crippen molar-refractivity contribution in [1.82, 2.24) is 0 Å². The van der Waals surface area contributed by atoms with Crippen LogP contribution in [-0.2, 0) is 10.0 Å². The molecule has 0 spiro atoms. The first-order chi connectivity index (χ1) is 12.3. The van der Waals surface area contributed by atoms with Crippen molar-refractivity contribution in [1.29, 1.82) is 0 Å². The van der Waals surface area contributed by atoms with Crippen molar-refractivity contribution in [3.8, 4) is 0 Å². The summed E-state index contributed by atoms with van der Waals surface area (Å²) in [6, 6.07) is 11.1. The fourth-order valence-corrected chi connectivity index (χ4v) is 3.98. The largest absolute Gasteiger partial charge is 0.367 e. The van der Waals surface area contributed by atoms with Gasteiger partial charge in [-0.25, -0.2) is 13.6 Å². The van der Waals surface area contributed by atoms with E-state index in [9.17, 15) is 18.5 Å². The Morgan fingerprint density at radius 3 is 2.15 bits per heavy atom. The van der Waals surface area contributed by atoms with Gasteiger partial charge in [0, 0.05) is 37.3 Å². The summed E-state index contributed by atoms with van der Waals surface area (Å²) in [4.78, 5) is 14.7. The van der Waals surface area contributed by atoms with Crippen LogP contribution in [0.1, 0.15) is 0 Å². The summed E-state index contributed by atoms with van der Waals surface area (Å²) in [5.41, 5.74) is 0.995. The Morgan fingerprint density at radius 1 is 1.00 bits per heavy atom. The van der Waals surface area contributed by atoms with Gasteiger partial charge in [0.05, 0.1) is 10.6 Å². The van der Waals surface area contributed by atoms with E-state index < -0.39 is 14.9 Å². The van der Waals surface area contributed by atoms with Crippen LogP contribution in [0, 0.1) is 10.1 Å². The number of benzene rings is 2. The third-order valence-corrected chi connectivity index (χ3v) is 5.46. The molecule has 138 valence electrons. The summed E-state index contributed by atoms with van der Waals surface area (Å²) in [5.74, 6) is 0. The van der Waals surface area contributed by atoms with Crippen LogP contribution < -0.4 is 14.9 Å². The zero-order valence-corrected chi connectivity index (χ0v) is 15.3. The predicted molar refractivity (Wildman–Crippen MR) is 100 cm³/mol. The maximum atomic E-state index is 11.8. The number of halogens is 1. The van der Waals surface area contributed by atoms with E-state index in [1.807, 2.05) is 9.80 Å². The number of para-hydroxylation sites is 1. The van der Waals surface area contributed by atoms with Crippen LogP contribution in [0.4, 0.5) is 17.1 Å². The zero-order chi connectivity index (χ0) is 18.9. The maximum Gasteiger partial charge on any atom is 0.294 e. The van der Waals surface area contributed by atoms with Crippen LogP contribution in [0.15, 0.2) is 47.4 Å². The zero-order valence-electron chi connectivity index (χ0n) is 13.7. The van der Waals surface area contributed by atoms with Crippen molar-refractivity contribution in [3.05, 3.63) is 57.6 Å². The molecule has 8 nitrogen and oxygen atoms in total. The molecule has 0 bridgehead atoms. The lowest BCUT2D eigenvalue weighted by Gasteiger charge is -2.37. The molecule has 0 saturated carbocycles. The lowest BCUT2D eigenvalue weighted by Crippen LogP contribution is -2.47. The first-order valence-electron chi connectivity index (χ1n) is 7.83. The Morgan fingerprint density at radius 2 is 1.58 bits per heavy atom. The second-order valence-corrected chi connectivity index (χ2v) is 7.84. The highest BCUT2D eigenvalue weighted by molar-refractivity contribution is 7.89. The Hall–Kier alpha value is -2.36. The summed E-state index contributed by atoms with van der Waals surface area (Å²) in [7, 11) is -3.83. The van der Waals surface area contributed by atoms with Gasteiger partial charge in [-0.05, 0) is 24.3 Å². The van der Waals surface area contributed by atoms with Crippen molar-refractivity contribution in [2.45, 2.75) is 4.90 Å². The lowest BCUT2D eigenvalue weighted by atomic mass is 10.2. The fourth-order valence-electron chi connectivity index (χ4n) is 3.06. The van der Waals surface area contributed by atoms with E-state index in [1.54, 1.807) is 30.3 Å². The molecule has 0 aliphatic carbocycles. The molecule has 1 heterocycles. The van der Waals surface area contributed by atoms with Gasteiger partial charge in [-0.1, -0.05) is 23.7 Å². The van der Waals surface area contributed by atoms with Gasteiger partial charge in [-0.3, -0.25) is 10.1 Å². The van der Waals surface area contributed by atoms with Crippen LogP contribution in [0.2, 0.25) is 5.02 Å². The molecule has 0 unspecified atom stereocenters. The van der Waals surface area contributed by atoms with E-state index in [1.165, 1.54) is 12.1 Å². The van der Waals surface area contributed by atoms with E-state index in [4.69, 9.17) is 16.7 Å². The Labute approximate surface area is 156 Å². The molecule has 0 amide bonds. The summed E-state index contributed by atoms with van der Waals surface area (Å²) in [5, 5.41) is 16.9. The monoisotopic (exact) mass is 396 g/mol. The molecular formula is C16H17ClN4O4S. The van der Waals surface area contributed by atoms with Gasteiger partial charge in [0.25, 0.3) is 5.69 Å². The van der Waals surface area contributed by atoms with E-state index in [0.717, 1.165) is 0 Å². The third kappa shape index (κ3) is 3.74. The maximum absolute atomic E-state index is 11.8. The Balaban J connectivity index is 1.83. The topological polar surface area (TPSA) is 110 Å². The minimum Gasteiger partial charge on any atom is -0.367 e. The van der Waals surface area contributed by atoms with Gasteiger partial charge < -0.3 is 9.80 Å². The Kier molecular flexibility index (Phi) is 5.03. The predicted octanol–water partition coefficient (Wildman–Crippen LogP) is 2.22. The van der Waals surface area contributed by atoms with Crippen molar-refractivity contribution >= 4 is 38.7 Å².